The van der Waals surface area contributed by atoms with Crippen molar-refractivity contribution in [3.05, 3.63) is 71.1 Å². The van der Waals surface area contributed by atoms with Gasteiger partial charge in [-0.1, -0.05) is 24.3 Å². The number of carbonyl (C=O) groups is 2. The van der Waals surface area contributed by atoms with E-state index in [4.69, 9.17) is 4.52 Å². The van der Waals surface area contributed by atoms with E-state index in [1.165, 1.54) is 4.90 Å². The summed E-state index contributed by atoms with van der Waals surface area (Å²) >= 11 is 1.57. The molecule has 35 heavy (non-hydrogen) atoms. The Morgan fingerprint density at radius 2 is 1.86 bits per heavy atom. The molecule has 1 saturated heterocycles. The SMILES string of the molecule is CC(C)(C)N(C(=O)O)c1ccc(-c2cccs2)cc1NC(=O)c1ccc(C2CCP(C)(=O)O2)cc1. The minimum atomic E-state index is -2.54. The highest BCUT2D eigenvalue weighted by Crippen LogP contribution is 2.55. The number of carboxylic acid groups (broad SMARTS) is 1. The van der Waals surface area contributed by atoms with Gasteiger partial charge in [0, 0.05) is 28.8 Å². The molecule has 0 saturated carbocycles. The Morgan fingerprint density at radius 1 is 1.14 bits per heavy atom. The van der Waals surface area contributed by atoms with Crippen LogP contribution in [0.15, 0.2) is 60.0 Å². The van der Waals surface area contributed by atoms with Crippen molar-refractivity contribution in [2.45, 2.75) is 38.8 Å². The van der Waals surface area contributed by atoms with E-state index in [2.05, 4.69) is 5.32 Å². The van der Waals surface area contributed by atoms with E-state index in [1.54, 1.807) is 63.0 Å². The number of hydrogen-bond donors (Lipinski definition) is 2. The van der Waals surface area contributed by atoms with E-state index in [0.29, 0.717) is 29.5 Å². The molecule has 2 N–H and O–H groups in total. The third-order valence-corrected chi connectivity index (χ3v) is 8.54. The van der Waals surface area contributed by atoms with Crippen molar-refractivity contribution in [2.24, 2.45) is 0 Å². The van der Waals surface area contributed by atoms with Crippen LogP contribution in [-0.2, 0) is 9.09 Å². The summed E-state index contributed by atoms with van der Waals surface area (Å²) < 4.78 is 17.8. The van der Waals surface area contributed by atoms with Crippen LogP contribution in [0.25, 0.3) is 10.4 Å². The Morgan fingerprint density at radius 3 is 2.40 bits per heavy atom. The molecule has 2 heterocycles. The Hall–Kier alpha value is -2.93. The molecule has 2 amide bonds. The quantitative estimate of drug-likeness (QED) is 0.349. The molecule has 4 rings (SSSR count). The third kappa shape index (κ3) is 5.67. The molecule has 0 bridgehead atoms. The van der Waals surface area contributed by atoms with Crippen LogP contribution in [0.2, 0.25) is 0 Å². The lowest BCUT2D eigenvalue weighted by Gasteiger charge is -2.34. The van der Waals surface area contributed by atoms with Crippen LogP contribution in [-0.4, -0.2) is 35.5 Å². The number of anilines is 2. The van der Waals surface area contributed by atoms with E-state index >= 15 is 0 Å². The van der Waals surface area contributed by atoms with Gasteiger partial charge in [-0.15, -0.1) is 11.3 Å². The lowest BCUT2D eigenvalue weighted by Crippen LogP contribution is -2.45. The average molecular weight is 513 g/mol. The first kappa shape index (κ1) is 25.2. The Kier molecular flexibility index (Phi) is 6.91. The minimum absolute atomic E-state index is 0.229. The zero-order valence-electron chi connectivity index (χ0n) is 20.1. The average Bonchev–Trinajstić information content (AvgIpc) is 3.43. The fraction of sp³-hybridized carbons (Fsp3) is 0.308. The summed E-state index contributed by atoms with van der Waals surface area (Å²) in [6, 6.07) is 16.3. The summed E-state index contributed by atoms with van der Waals surface area (Å²) in [6.45, 7) is 7.06. The van der Waals surface area contributed by atoms with Gasteiger partial charge in [0.05, 0.1) is 17.5 Å². The van der Waals surface area contributed by atoms with Crippen LogP contribution in [0, 0.1) is 0 Å². The second kappa shape index (κ2) is 9.61. The Labute approximate surface area is 209 Å². The predicted molar refractivity (Wildman–Crippen MR) is 141 cm³/mol. The third-order valence-electron chi connectivity index (χ3n) is 5.85. The molecule has 1 aliphatic heterocycles. The smallest absolute Gasteiger partial charge is 0.412 e. The van der Waals surface area contributed by atoms with Gasteiger partial charge in [-0.05, 0) is 74.0 Å². The standard InChI is InChI=1S/C26H29N2O5PS/c1-26(2,3)28(25(30)31)21-12-11-19(23-6-5-15-35-23)16-20(21)27-24(29)18-9-7-17(8-10-18)22-13-14-34(4,32)33-22/h5-12,15-16,22H,13-14H2,1-4H3,(H,27,29)(H,30,31). The summed E-state index contributed by atoms with van der Waals surface area (Å²) in [6.07, 6.45) is -0.0911. The van der Waals surface area contributed by atoms with Gasteiger partial charge >= 0.3 is 6.09 Å². The highest BCUT2D eigenvalue weighted by atomic mass is 32.1. The van der Waals surface area contributed by atoms with E-state index < -0.39 is 19.0 Å². The minimum Gasteiger partial charge on any atom is -0.465 e. The van der Waals surface area contributed by atoms with Gasteiger partial charge in [0.15, 0.2) is 0 Å². The number of carbonyl (C=O) groups excluding carboxylic acids is 1. The highest BCUT2D eigenvalue weighted by molar-refractivity contribution is 7.58. The van der Waals surface area contributed by atoms with Crippen molar-refractivity contribution in [1.82, 2.24) is 0 Å². The van der Waals surface area contributed by atoms with E-state index in [0.717, 1.165) is 16.0 Å². The molecule has 184 valence electrons. The number of rotatable bonds is 5. The van der Waals surface area contributed by atoms with Crippen molar-refractivity contribution >= 4 is 42.1 Å². The summed E-state index contributed by atoms with van der Waals surface area (Å²) in [5.41, 5.74) is 2.28. The number of thiophene rings is 1. The van der Waals surface area contributed by atoms with Crippen molar-refractivity contribution < 1.29 is 23.8 Å². The van der Waals surface area contributed by atoms with Crippen LogP contribution in [0.1, 0.15) is 49.2 Å². The summed E-state index contributed by atoms with van der Waals surface area (Å²) in [5, 5.41) is 14.8. The molecule has 2 aromatic carbocycles. The second-order valence-corrected chi connectivity index (χ2v) is 13.3. The zero-order valence-corrected chi connectivity index (χ0v) is 21.9. The molecule has 7 nitrogen and oxygen atoms in total. The van der Waals surface area contributed by atoms with Gasteiger partial charge in [-0.2, -0.15) is 0 Å². The Balaban J connectivity index is 1.65. The van der Waals surface area contributed by atoms with Crippen molar-refractivity contribution in [3.63, 3.8) is 0 Å². The summed E-state index contributed by atoms with van der Waals surface area (Å²) in [4.78, 5) is 27.6. The topological polar surface area (TPSA) is 95.9 Å². The fourth-order valence-electron chi connectivity index (χ4n) is 4.18. The van der Waals surface area contributed by atoms with E-state index in [9.17, 15) is 19.3 Å². The maximum Gasteiger partial charge on any atom is 0.412 e. The predicted octanol–water partition coefficient (Wildman–Crippen LogP) is 7.32. The second-order valence-electron chi connectivity index (χ2n) is 9.69. The largest absolute Gasteiger partial charge is 0.465 e. The first-order valence-corrected chi connectivity index (χ1v) is 14.5. The fourth-order valence-corrected chi connectivity index (χ4v) is 6.47. The number of hydrogen-bond acceptors (Lipinski definition) is 5. The van der Waals surface area contributed by atoms with Gasteiger partial charge in [-0.25, -0.2) is 4.79 Å². The van der Waals surface area contributed by atoms with Crippen molar-refractivity contribution in [3.8, 4) is 10.4 Å². The molecule has 1 fully saturated rings. The van der Waals surface area contributed by atoms with Gasteiger partial charge in [-0.3, -0.25) is 14.3 Å². The van der Waals surface area contributed by atoms with E-state index in [1.807, 2.05) is 35.7 Å². The van der Waals surface area contributed by atoms with Gasteiger partial charge in [0.2, 0.25) is 7.37 Å². The van der Waals surface area contributed by atoms with Crippen molar-refractivity contribution in [2.75, 3.05) is 23.0 Å². The molecule has 0 spiro atoms. The maximum atomic E-state index is 13.2. The monoisotopic (exact) mass is 512 g/mol. The number of amides is 2. The number of benzene rings is 2. The van der Waals surface area contributed by atoms with Crippen LogP contribution in [0.3, 0.4) is 0 Å². The molecule has 0 aliphatic carbocycles. The lowest BCUT2D eigenvalue weighted by molar-refractivity contribution is 0.102. The molecule has 0 radical (unpaired) electrons. The molecule has 3 aromatic rings. The van der Waals surface area contributed by atoms with Crippen LogP contribution in [0.5, 0.6) is 0 Å². The summed E-state index contributed by atoms with van der Waals surface area (Å²) in [7, 11) is -2.54. The van der Waals surface area contributed by atoms with Crippen LogP contribution < -0.4 is 10.2 Å². The van der Waals surface area contributed by atoms with Crippen LogP contribution >= 0.6 is 18.7 Å². The first-order chi connectivity index (χ1) is 16.4. The molecule has 1 aliphatic rings. The normalized spacial score (nSPS) is 19.9. The molecular formula is C26H29N2O5PS. The molecular weight excluding hydrogens is 483 g/mol. The summed E-state index contributed by atoms with van der Waals surface area (Å²) in [5.74, 6) is -0.353. The number of nitrogens with zero attached hydrogens (tertiary/aromatic N) is 1. The number of nitrogens with one attached hydrogen (secondary N) is 1. The van der Waals surface area contributed by atoms with Gasteiger partial charge in [0.1, 0.15) is 0 Å². The van der Waals surface area contributed by atoms with Crippen molar-refractivity contribution in [1.29, 1.82) is 0 Å². The van der Waals surface area contributed by atoms with E-state index in [-0.39, 0.29) is 12.0 Å². The Bertz CT molecular complexity index is 1280. The molecule has 2 unspecified atom stereocenters. The highest BCUT2D eigenvalue weighted by Gasteiger charge is 2.32. The lowest BCUT2D eigenvalue weighted by atomic mass is 10.0. The zero-order chi connectivity index (χ0) is 25.4. The first-order valence-electron chi connectivity index (χ1n) is 11.3. The van der Waals surface area contributed by atoms with Gasteiger partial charge in [0.25, 0.3) is 5.91 Å². The molecule has 2 atom stereocenters. The van der Waals surface area contributed by atoms with Crippen LogP contribution in [0.4, 0.5) is 16.2 Å². The van der Waals surface area contributed by atoms with Gasteiger partial charge < -0.3 is 14.9 Å². The maximum absolute atomic E-state index is 13.2. The molecule has 9 heteroatoms. The molecule has 1 aromatic heterocycles.